The summed E-state index contributed by atoms with van der Waals surface area (Å²) in [6, 6.07) is 5.19. The molecule has 2 nitrogen and oxygen atoms in total. The monoisotopic (exact) mass is 322 g/mol. The van der Waals surface area contributed by atoms with Crippen LogP contribution in [0.3, 0.4) is 0 Å². The first kappa shape index (κ1) is 12.5. The highest BCUT2D eigenvalue weighted by atomic mass is 79.9. The zero-order chi connectivity index (χ0) is 12.5. The van der Waals surface area contributed by atoms with E-state index in [1.165, 1.54) is 17.6 Å². The summed E-state index contributed by atoms with van der Waals surface area (Å²) in [5, 5.41) is 0. The molecular formula is C10H6BrF3N2S. The summed E-state index contributed by atoms with van der Waals surface area (Å²) < 4.78 is 42.1. The molecule has 0 amide bonds. The van der Waals surface area contributed by atoms with Crippen molar-refractivity contribution < 1.29 is 13.2 Å². The van der Waals surface area contributed by atoms with E-state index in [1.807, 2.05) is 0 Å². The number of nitrogens with zero attached hydrogens (tertiary/aromatic N) is 2. The van der Waals surface area contributed by atoms with Crippen molar-refractivity contribution in [2.75, 3.05) is 0 Å². The van der Waals surface area contributed by atoms with Crippen LogP contribution in [0.1, 0.15) is 17.0 Å². The second-order valence-electron chi connectivity index (χ2n) is 3.34. The Kier molecular flexibility index (Phi) is 3.48. The predicted octanol–water partition coefficient (Wildman–Crippen LogP) is 3.91. The summed E-state index contributed by atoms with van der Waals surface area (Å²) in [6.07, 6.45) is -4.02. The van der Waals surface area contributed by atoms with Gasteiger partial charge in [-0.05, 0) is 39.1 Å². The van der Waals surface area contributed by atoms with Gasteiger partial charge in [-0.2, -0.15) is 17.5 Å². The number of benzene rings is 1. The van der Waals surface area contributed by atoms with Crippen LogP contribution in [-0.4, -0.2) is 9.36 Å². The molecule has 0 unspecified atom stereocenters. The molecule has 0 fully saturated rings. The Balaban J connectivity index is 2.22. The summed E-state index contributed by atoms with van der Waals surface area (Å²) in [5.74, 6) is 0.515. The molecule has 0 saturated heterocycles. The van der Waals surface area contributed by atoms with Gasteiger partial charge in [0.25, 0.3) is 0 Å². The van der Waals surface area contributed by atoms with Crippen LogP contribution >= 0.6 is 27.5 Å². The Morgan fingerprint density at radius 1 is 1.29 bits per heavy atom. The van der Waals surface area contributed by atoms with Crippen molar-refractivity contribution in [1.29, 1.82) is 0 Å². The third-order valence-corrected chi connectivity index (χ3v) is 3.22. The lowest BCUT2D eigenvalue weighted by Gasteiger charge is -2.07. The van der Waals surface area contributed by atoms with Gasteiger partial charge in [-0.1, -0.05) is 18.2 Å². The molecule has 2 rings (SSSR count). The predicted molar refractivity (Wildman–Crippen MR) is 61.9 cm³/mol. The van der Waals surface area contributed by atoms with Gasteiger partial charge in [-0.15, -0.1) is 0 Å². The number of rotatable bonds is 2. The van der Waals surface area contributed by atoms with Crippen molar-refractivity contribution in [2.45, 2.75) is 12.6 Å². The van der Waals surface area contributed by atoms with Crippen molar-refractivity contribution in [3.05, 3.63) is 45.1 Å². The third kappa shape index (κ3) is 3.26. The Hall–Kier alpha value is -0.950. The Morgan fingerprint density at radius 3 is 2.65 bits per heavy atom. The minimum absolute atomic E-state index is 0.298. The van der Waals surface area contributed by atoms with Crippen molar-refractivity contribution in [1.82, 2.24) is 9.36 Å². The first-order valence-electron chi connectivity index (χ1n) is 4.59. The molecule has 0 bridgehead atoms. The summed E-state index contributed by atoms with van der Waals surface area (Å²) in [6.45, 7) is 0. The zero-order valence-corrected chi connectivity index (χ0v) is 10.7. The minimum atomic E-state index is -4.31. The van der Waals surface area contributed by atoms with Crippen molar-refractivity contribution in [3.8, 4) is 0 Å². The molecule has 90 valence electrons. The smallest absolute Gasteiger partial charge is 0.212 e. The molecule has 0 atom stereocenters. The molecule has 7 heteroatoms. The van der Waals surface area contributed by atoms with Crippen LogP contribution in [0.5, 0.6) is 0 Å². The number of hydrogen-bond donors (Lipinski definition) is 0. The standard InChI is InChI=1S/C10H6BrF3N2S/c11-9-15-8(16-17-9)5-6-2-1-3-7(4-6)10(12,13)14/h1-4H,5H2. The maximum absolute atomic E-state index is 12.5. The van der Waals surface area contributed by atoms with Gasteiger partial charge in [0.1, 0.15) is 5.82 Å². The Bertz CT molecular complexity index is 524. The normalized spacial score (nSPS) is 11.8. The number of aromatic nitrogens is 2. The topological polar surface area (TPSA) is 25.8 Å². The molecule has 0 spiro atoms. The van der Waals surface area contributed by atoms with Crippen LogP contribution in [0.4, 0.5) is 13.2 Å². The lowest BCUT2D eigenvalue weighted by atomic mass is 10.1. The van der Waals surface area contributed by atoms with Crippen LogP contribution in [0.15, 0.2) is 28.2 Å². The Labute approximate surface area is 108 Å². The van der Waals surface area contributed by atoms with E-state index in [0.717, 1.165) is 12.1 Å². The lowest BCUT2D eigenvalue weighted by Crippen LogP contribution is -2.05. The molecule has 17 heavy (non-hydrogen) atoms. The Morgan fingerprint density at radius 2 is 2.06 bits per heavy atom. The summed E-state index contributed by atoms with van der Waals surface area (Å²) in [7, 11) is 0. The maximum atomic E-state index is 12.5. The van der Waals surface area contributed by atoms with Gasteiger partial charge in [0.15, 0.2) is 3.92 Å². The van der Waals surface area contributed by atoms with Crippen LogP contribution in [0, 0.1) is 0 Å². The van der Waals surface area contributed by atoms with Crippen molar-refractivity contribution in [2.24, 2.45) is 0 Å². The van der Waals surface area contributed by atoms with E-state index in [4.69, 9.17) is 0 Å². The average Bonchev–Trinajstić information content (AvgIpc) is 2.63. The fourth-order valence-corrected chi connectivity index (χ4v) is 2.20. The largest absolute Gasteiger partial charge is 0.416 e. The highest BCUT2D eigenvalue weighted by molar-refractivity contribution is 9.11. The number of halogens is 4. The molecule has 0 saturated carbocycles. The van der Waals surface area contributed by atoms with E-state index in [-0.39, 0.29) is 0 Å². The van der Waals surface area contributed by atoms with E-state index in [1.54, 1.807) is 6.07 Å². The van der Waals surface area contributed by atoms with Crippen LogP contribution in [0.25, 0.3) is 0 Å². The maximum Gasteiger partial charge on any atom is 0.416 e. The van der Waals surface area contributed by atoms with E-state index in [0.29, 0.717) is 21.7 Å². The van der Waals surface area contributed by atoms with Crippen molar-refractivity contribution >= 4 is 27.5 Å². The fraction of sp³-hybridized carbons (Fsp3) is 0.200. The molecule has 1 aromatic heterocycles. The highest BCUT2D eigenvalue weighted by Crippen LogP contribution is 2.29. The van der Waals surface area contributed by atoms with Gasteiger partial charge < -0.3 is 0 Å². The van der Waals surface area contributed by atoms with Gasteiger partial charge >= 0.3 is 6.18 Å². The molecule has 0 aliphatic carbocycles. The molecule has 0 N–H and O–H groups in total. The van der Waals surface area contributed by atoms with Crippen LogP contribution < -0.4 is 0 Å². The van der Waals surface area contributed by atoms with Crippen LogP contribution in [0.2, 0.25) is 0 Å². The van der Waals surface area contributed by atoms with E-state index in [2.05, 4.69) is 25.3 Å². The number of alkyl halides is 3. The highest BCUT2D eigenvalue weighted by Gasteiger charge is 2.30. The summed E-state index contributed by atoms with van der Waals surface area (Å²) in [5.41, 5.74) is -0.102. The third-order valence-electron chi connectivity index (χ3n) is 2.06. The summed E-state index contributed by atoms with van der Waals surface area (Å²) in [4.78, 5) is 4.04. The van der Waals surface area contributed by atoms with E-state index >= 15 is 0 Å². The van der Waals surface area contributed by atoms with E-state index < -0.39 is 11.7 Å². The SMILES string of the molecule is FC(F)(F)c1cccc(Cc2nsc(Br)n2)c1. The van der Waals surface area contributed by atoms with E-state index in [9.17, 15) is 13.2 Å². The lowest BCUT2D eigenvalue weighted by molar-refractivity contribution is -0.137. The quantitative estimate of drug-likeness (QED) is 0.837. The molecule has 0 radical (unpaired) electrons. The van der Waals surface area contributed by atoms with Crippen LogP contribution in [-0.2, 0) is 12.6 Å². The molecule has 1 aromatic carbocycles. The molecule has 0 aliphatic rings. The molecule has 1 heterocycles. The van der Waals surface area contributed by atoms with Gasteiger partial charge in [0.2, 0.25) is 0 Å². The second-order valence-corrected chi connectivity index (χ2v) is 5.37. The first-order valence-corrected chi connectivity index (χ1v) is 6.16. The minimum Gasteiger partial charge on any atom is -0.212 e. The van der Waals surface area contributed by atoms with Gasteiger partial charge in [0, 0.05) is 6.42 Å². The summed E-state index contributed by atoms with van der Waals surface area (Å²) >= 11 is 4.32. The van der Waals surface area contributed by atoms with Gasteiger partial charge in [-0.25, -0.2) is 4.98 Å². The fourth-order valence-electron chi connectivity index (χ4n) is 1.34. The molecule has 0 aliphatic heterocycles. The second kappa shape index (κ2) is 4.73. The molecule has 2 aromatic rings. The average molecular weight is 323 g/mol. The van der Waals surface area contributed by atoms with Gasteiger partial charge in [-0.3, -0.25) is 0 Å². The zero-order valence-electron chi connectivity index (χ0n) is 8.33. The first-order chi connectivity index (χ1) is 7.95. The van der Waals surface area contributed by atoms with Crippen molar-refractivity contribution in [3.63, 3.8) is 0 Å². The van der Waals surface area contributed by atoms with Gasteiger partial charge in [0.05, 0.1) is 5.56 Å². The molecular weight excluding hydrogens is 317 g/mol. The number of hydrogen-bond acceptors (Lipinski definition) is 3.